The third kappa shape index (κ3) is 4.29. The van der Waals surface area contributed by atoms with Crippen molar-refractivity contribution in [1.82, 2.24) is 0 Å². The predicted molar refractivity (Wildman–Crippen MR) is 86.8 cm³/mol. The molecule has 136 valence electrons. The number of rotatable bonds is 5. The molecule has 0 aliphatic heterocycles. The zero-order valence-corrected chi connectivity index (χ0v) is 14.6. The smallest absolute Gasteiger partial charge is 0.416 e. The highest BCUT2D eigenvalue weighted by Gasteiger charge is 2.33. The molecule has 10 heteroatoms. The maximum absolute atomic E-state index is 12.8. The van der Waals surface area contributed by atoms with Gasteiger partial charge in [-0.2, -0.15) is 13.2 Å². The lowest BCUT2D eigenvalue weighted by Gasteiger charge is -2.15. The van der Waals surface area contributed by atoms with Crippen molar-refractivity contribution in [3.63, 3.8) is 0 Å². The van der Waals surface area contributed by atoms with Crippen molar-refractivity contribution < 1.29 is 31.1 Å². The van der Waals surface area contributed by atoms with Crippen LogP contribution in [0.1, 0.15) is 5.56 Å². The summed E-state index contributed by atoms with van der Waals surface area (Å²) in [6.07, 6.45) is -4.71. The number of anilines is 1. The Kier molecular flexibility index (Phi) is 5.38. The number of benzene rings is 2. The molecular formula is C15H13ClF3NO4S. The largest absolute Gasteiger partial charge is 0.497 e. The maximum Gasteiger partial charge on any atom is 0.416 e. The SMILES string of the molecule is COc1ccc(OC)c(NS(=O)(=O)c2cc(C(F)(F)F)ccc2Cl)c1. The Bertz CT molecular complexity index is 885. The van der Waals surface area contributed by atoms with Gasteiger partial charge in [0.15, 0.2) is 0 Å². The minimum Gasteiger partial charge on any atom is -0.497 e. The molecule has 0 unspecified atom stereocenters. The molecule has 0 fully saturated rings. The minimum atomic E-state index is -4.71. The van der Waals surface area contributed by atoms with Gasteiger partial charge in [0.25, 0.3) is 10.0 Å². The molecule has 1 N–H and O–H groups in total. The standard InChI is InChI=1S/C15H13ClF3NO4S/c1-23-10-4-6-13(24-2)12(8-10)20-25(21,22)14-7-9(15(17,18)19)3-5-11(14)16/h3-8,20H,1-2H3. The monoisotopic (exact) mass is 395 g/mol. The van der Waals surface area contributed by atoms with Gasteiger partial charge in [-0.15, -0.1) is 0 Å². The van der Waals surface area contributed by atoms with Crippen molar-refractivity contribution in [2.75, 3.05) is 18.9 Å². The average Bonchev–Trinajstić information content (AvgIpc) is 2.53. The molecule has 2 aromatic carbocycles. The quantitative estimate of drug-likeness (QED) is 0.825. The zero-order chi connectivity index (χ0) is 18.8. The first-order chi connectivity index (χ1) is 11.6. The molecule has 0 aliphatic carbocycles. The summed E-state index contributed by atoms with van der Waals surface area (Å²) in [6, 6.07) is 6.36. The van der Waals surface area contributed by atoms with Gasteiger partial charge in [-0.1, -0.05) is 11.6 Å². The van der Waals surface area contributed by atoms with E-state index < -0.39 is 26.7 Å². The van der Waals surface area contributed by atoms with Gasteiger partial charge in [0.05, 0.1) is 30.5 Å². The van der Waals surface area contributed by atoms with Gasteiger partial charge in [-0.05, 0) is 30.3 Å². The van der Waals surface area contributed by atoms with E-state index in [1.54, 1.807) is 0 Å². The third-order valence-corrected chi connectivity index (χ3v) is 5.05. The van der Waals surface area contributed by atoms with E-state index in [2.05, 4.69) is 4.72 Å². The van der Waals surface area contributed by atoms with Crippen LogP contribution in [0.3, 0.4) is 0 Å². The second kappa shape index (κ2) is 7.01. The molecule has 2 aromatic rings. The number of hydrogen-bond donors (Lipinski definition) is 1. The number of hydrogen-bond acceptors (Lipinski definition) is 4. The lowest BCUT2D eigenvalue weighted by atomic mass is 10.2. The first kappa shape index (κ1) is 19.2. The van der Waals surface area contributed by atoms with E-state index in [1.165, 1.54) is 32.4 Å². The molecule has 0 radical (unpaired) electrons. The zero-order valence-electron chi connectivity index (χ0n) is 13.0. The van der Waals surface area contributed by atoms with Gasteiger partial charge in [0.1, 0.15) is 16.4 Å². The van der Waals surface area contributed by atoms with Gasteiger partial charge in [0, 0.05) is 6.07 Å². The normalized spacial score (nSPS) is 11.9. The number of sulfonamides is 1. The first-order valence-corrected chi connectivity index (χ1v) is 8.56. The van der Waals surface area contributed by atoms with Crippen molar-refractivity contribution in [3.05, 3.63) is 47.0 Å². The summed E-state index contributed by atoms with van der Waals surface area (Å²) in [5.41, 5.74) is -1.13. The van der Waals surface area contributed by atoms with Crippen LogP contribution in [0, 0.1) is 0 Å². The minimum absolute atomic E-state index is 0.00433. The lowest BCUT2D eigenvalue weighted by Crippen LogP contribution is -2.16. The molecule has 0 bridgehead atoms. The Labute approximate surface area is 147 Å². The van der Waals surface area contributed by atoms with E-state index in [1.807, 2.05) is 0 Å². The molecule has 25 heavy (non-hydrogen) atoms. The second-order valence-corrected chi connectivity index (χ2v) is 6.87. The molecular weight excluding hydrogens is 383 g/mol. The molecule has 0 saturated heterocycles. The van der Waals surface area contributed by atoms with Gasteiger partial charge in [-0.3, -0.25) is 4.72 Å². The fourth-order valence-corrected chi connectivity index (χ4v) is 3.57. The maximum atomic E-state index is 12.8. The summed E-state index contributed by atoms with van der Waals surface area (Å²) < 4.78 is 75.7. The molecule has 2 rings (SSSR count). The topological polar surface area (TPSA) is 64.6 Å². The van der Waals surface area contributed by atoms with Crippen LogP contribution in [0.25, 0.3) is 0 Å². The highest BCUT2D eigenvalue weighted by atomic mass is 35.5. The van der Waals surface area contributed by atoms with Crippen molar-refractivity contribution >= 4 is 27.3 Å². The number of methoxy groups -OCH3 is 2. The van der Waals surface area contributed by atoms with E-state index in [-0.39, 0.29) is 16.5 Å². The van der Waals surface area contributed by atoms with Crippen LogP contribution in [0.5, 0.6) is 11.5 Å². The Morgan fingerprint density at radius 1 is 1.04 bits per heavy atom. The number of ether oxygens (including phenoxy) is 2. The number of halogens is 4. The molecule has 0 saturated carbocycles. The van der Waals surface area contributed by atoms with Crippen molar-refractivity contribution in [1.29, 1.82) is 0 Å². The average molecular weight is 396 g/mol. The molecule has 0 spiro atoms. The molecule has 5 nitrogen and oxygen atoms in total. The summed E-state index contributed by atoms with van der Waals surface area (Å²) >= 11 is 5.79. The van der Waals surface area contributed by atoms with Crippen LogP contribution in [-0.2, 0) is 16.2 Å². The van der Waals surface area contributed by atoms with Crippen molar-refractivity contribution in [3.8, 4) is 11.5 Å². The van der Waals surface area contributed by atoms with Crippen LogP contribution in [0.4, 0.5) is 18.9 Å². The Morgan fingerprint density at radius 2 is 1.72 bits per heavy atom. The van der Waals surface area contributed by atoms with Crippen LogP contribution in [-0.4, -0.2) is 22.6 Å². The summed E-state index contributed by atoms with van der Waals surface area (Å²) in [7, 11) is -1.71. The van der Waals surface area contributed by atoms with Crippen LogP contribution in [0.2, 0.25) is 5.02 Å². The summed E-state index contributed by atoms with van der Waals surface area (Å²) in [5, 5.41) is -0.345. The third-order valence-electron chi connectivity index (χ3n) is 3.20. The fraction of sp³-hybridized carbons (Fsp3) is 0.200. The van der Waals surface area contributed by atoms with Crippen LogP contribution >= 0.6 is 11.6 Å². The van der Waals surface area contributed by atoms with Gasteiger partial charge < -0.3 is 9.47 Å². The van der Waals surface area contributed by atoms with Crippen LogP contribution in [0.15, 0.2) is 41.3 Å². The molecule has 0 atom stereocenters. The summed E-state index contributed by atoms with van der Waals surface area (Å²) in [6.45, 7) is 0. The van der Waals surface area contributed by atoms with E-state index in [0.717, 1.165) is 6.07 Å². The molecule has 0 aromatic heterocycles. The van der Waals surface area contributed by atoms with Gasteiger partial charge >= 0.3 is 6.18 Å². The predicted octanol–water partition coefficient (Wildman–Crippen LogP) is 4.18. The fourth-order valence-electron chi connectivity index (χ4n) is 1.98. The highest BCUT2D eigenvalue weighted by Crippen LogP contribution is 2.35. The molecule has 0 amide bonds. The van der Waals surface area contributed by atoms with E-state index >= 15 is 0 Å². The molecule has 0 heterocycles. The number of alkyl halides is 3. The number of nitrogens with one attached hydrogen (secondary N) is 1. The van der Waals surface area contributed by atoms with E-state index in [9.17, 15) is 21.6 Å². The summed E-state index contributed by atoms with van der Waals surface area (Å²) in [4.78, 5) is -0.700. The Balaban J connectivity index is 2.50. The summed E-state index contributed by atoms with van der Waals surface area (Å²) in [5.74, 6) is 0.487. The second-order valence-electron chi connectivity index (χ2n) is 4.81. The Hall–Kier alpha value is -2.13. The lowest BCUT2D eigenvalue weighted by molar-refractivity contribution is -0.137. The molecule has 0 aliphatic rings. The highest BCUT2D eigenvalue weighted by molar-refractivity contribution is 7.92. The van der Waals surface area contributed by atoms with Crippen LogP contribution < -0.4 is 14.2 Å². The van der Waals surface area contributed by atoms with Gasteiger partial charge in [-0.25, -0.2) is 8.42 Å². The van der Waals surface area contributed by atoms with E-state index in [0.29, 0.717) is 17.9 Å². The van der Waals surface area contributed by atoms with Crippen molar-refractivity contribution in [2.24, 2.45) is 0 Å². The Morgan fingerprint density at radius 3 is 2.28 bits per heavy atom. The van der Waals surface area contributed by atoms with E-state index in [4.69, 9.17) is 21.1 Å². The van der Waals surface area contributed by atoms with Crippen molar-refractivity contribution in [2.45, 2.75) is 11.1 Å². The first-order valence-electron chi connectivity index (χ1n) is 6.70. The van der Waals surface area contributed by atoms with Gasteiger partial charge in [0.2, 0.25) is 0 Å².